The molecule has 3 aliphatic rings. The van der Waals surface area contributed by atoms with E-state index in [1.807, 2.05) is 47.5 Å². The van der Waals surface area contributed by atoms with Gasteiger partial charge in [-0.2, -0.15) is 0 Å². The van der Waals surface area contributed by atoms with Gasteiger partial charge in [-0.1, -0.05) is 19.1 Å². The number of nitrogens with zero attached hydrogens (tertiary/aromatic N) is 5. The third kappa shape index (κ3) is 5.76. The number of fused-ring (bicyclic) bond motifs is 3. The number of anilines is 4. The van der Waals surface area contributed by atoms with Crippen molar-refractivity contribution >= 4 is 28.8 Å². The van der Waals surface area contributed by atoms with Crippen LogP contribution in [0.2, 0.25) is 0 Å². The maximum Gasteiger partial charge on any atom is 0.271 e. The quantitative estimate of drug-likeness (QED) is 0.277. The maximum absolute atomic E-state index is 13.7. The molecule has 10 nitrogen and oxygen atoms in total. The van der Waals surface area contributed by atoms with Crippen molar-refractivity contribution in [2.45, 2.75) is 52.2 Å². The lowest BCUT2D eigenvalue weighted by atomic mass is 9.97. The molecule has 0 saturated carbocycles. The molecule has 0 radical (unpaired) electrons. The summed E-state index contributed by atoms with van der Waals surface area (Å²) in [5.41, 5.74) is 7.73. The Labute approximate surface area is 263 Å². The van der Waals surface area contributed by atoms with Gasteiger partial charge in [0.2, 0.25) is 0 Å². The number of piperazine rings is 1. The minimum absolute atomic E-state index is 0.00210. The standard InChI is InChI=1S/C35H41N7O3/c1-2-39-14-16-40(17-15-39)27-9-10-33(36-22-27)38-30-19-24(21-37-34(30)44)18-25-6-5-8-31(29(25)23-43)42-13-11-32-28(35(42)45)20-26-7-3-4-12-41(26)32/h5-6,8-10,19-22,43H,2-4,7,11-18,23H2,1H3,(H,36,38)(H,37,44). The van der Waals surface area contributed by atoms with E-state index in [2.05, 4.69) is 42.6 Å². The summed E-state index contributed by atoms with van der Waals surface area (Å²) in [6, 6.07) is 13.7. The van der Waals surface area contributed by atoms with Crippen LogP contribution in [0.3, 0.4) is 0 Å². The maximum atomic E-state index is 13.7. The lowest BCUT2D eigenvalue weighted by Gasteiger charge is -2.35. The third-order valence-corrected chi connectivity index (χ3v) is 9.66. The van der Waals surface area contributed by atoms with E-state index in [1.165, 1.54) is 12.1 Å². The number of aliphatic hydroxyl groups is 1. The molecule has 1 saturated heterocycles. The molecule has 0 atom stereocenters. The fraction of sp³-hybridized carbons (Fsp3) is 0.400. The summed E-state index contributed by atoms with van der Waals surface area (Å²) in [4.78, 5) is 40.5. The normalized spacial score (nSPS) is 16.9. The zero-order valence-corrected chi connectivity index (χ0v) is 25.9. The molecular weight excluding hydrogens is 566 g/mol. The molecule has 3 N–H and O–H groups in total. The van der Waals surface area contributed by atoms with Crippen LogP contribution in [0, 0.1) is 0 Å². The van der Waals surface area contributed by atoms with Crippen molar-refractivity contribution < 1.29 is 9.90 Å². The van der Waals surface area contributed by atoms with E-state index in [-0.39, 0.29) is 18.1 Å². The van der Waals surface area contributed by atoms with Crippen LogP contribution in [-0.4, -0.2) is 69.7 Å². The van der Waals surface area contributed by atoms with Gasteiger partial charge in [0.25, 0.3) is 11.5 Å². The first kappa shape index (κ1) is 29.3. The third-order valence-electron chi connectivity index (χ3n) is 9.66. The number of rotatable bonds is 8. The Morgan fingerprint density at radius 3 is 2.62 bits per heavy atom. The molecule has 1 fully saturated rings. The van der Waals surface area contributed by atoms with E-state index in [0.29, 0.717) is 24.5 Å². The summed E-state index contributed by atoms with van der Waals surface area (Å²) in [7, 11) is 0. The van der Waals surface area contributed by atoms with Crippen molar-refractivity contribution in [1.82, 2.24) is 19.4 Å². The van der Waals surface area contributed by atoms with E-state index in [9.17, 15) is 14.7 Å². The molecule has 6 heterocycles. The molecule has 0 bridgehead atoms. The number of pyridine rings is 2. The van der Waals surface area contributed by atoms with Crippen LogP contribution in [0.1, 0.15) is 58.2 Å². The molecule has 4 aromatic rings. The Kier molecular flexibility index (Phi) is 8.16. The van der Waals surface area contributed by atoms with Crippen molar-refractivity contribution in [2.75, 3.05) is 54.4 Å². The summed E-state index contributed by atoms with van der Waals surface area (Å²) < 4.78 is 2.34. The van der Waals surface area contributed by atoms with E-state index in [1.54, 1.807) is 6.20 Å². The Bertz CT molecular complexity index is 1750. The van der Waals surface area contributed by atoms with Crippen LogP contribution in [0.25, 0.3) is 0 Å². The van der Waals surface area contributed by atoms with Crippen LogP contribution < -0.4 is 20.7 Å². The van der Waals surface area contributed by atoms with Gasteiger partial charge in [0.15, 0.2) is 0 Å². The van der Waals surface area contributed by atoms with E-state index in [4.69, 9.17) is 0 Å². The van der Waals surface area contributed by atoms with E-state index < -0.39 is 0 Å². The number of aromatic nitrogens is 3. The number of likely N-dealkylation sites (N-methyl/N-ethyl adjacent to an activating group) is 1. The molecule has 3 aliphatic heterocycles. The molecule has 7 rings (SSSR count). The first-order valence-corrected chi connectivity index (χ1v) is 16.2. The molecule has 0 spiro atoms. The Hall–Kier alpha value is -4.41. The summed E-state index contributed by atoms with van der Waals surface area (Å²) in [6.07, 6.45) is 8.19. The molecule has 0 unspecified atom stereocenters. The van der Waals surface area contributed by atoms with Gasteiger partial charge in [-0.3, -0.25) is 9.59 Å². The molecule has 1 amide bonds. The monoisotopic (exact) mass is 607 g/mol. The predicted octanol–water partition coefficient (Wildman–Crippen LogP) is 4.08. The van der Waals surface area contributed by atoms with Gasteiger partial charge < -0.3 is 34.7 Å². The number of hydrogen-bond donors (Lipinski definition) is 3. The topological polar surface area (TPSA) is 110 Å². The van der Waals surface area contributed by atoms with Gasteiger partial charge in [0.1, 0.15) is 11.5 Å². The molecule has 10 heteroatoms. The van der Waals surface area contributed by atoms with Crippen molar-refractivity contribution in [1.29, 1.82) is 0 Å². The average molecular weight is 608 g/mol. The number of amides is 1. The molecule has 45 heavy (non-hydrogen) atoms. The van der Waals surface area contributed by atoms with Gasteiger partial charge >= 0.3 is 0 Å². The van der Waals surface area contributed by atoms with E-state index >= 15 is 0 Å². The first-order valence-electron chi connectivity index (χ1n) is 16.2. The second-order valence-electron chi connectivity index (χ2n) is 12.3. The van der Waals surface area contributed by atoms with Crippen molar-refractivity contribution in [3.05, 3.63) is 98.9 Å². The van der Waals surface area contributed by atoms with Crippen LogP contribution in [0.5, 0.6) is 0 Å². The highest BCUT2D eigenvalue weighted by Gasteiger charge is 2.32. The predicted molar refractivity (Wildman–Crippen MR) is 177 cm³/mol. The number of H-pyrrole nitrogens is 1. The number of hydrogen-bond acceptors (Lipinski definition) is 7. The summed E-state index contributed by atoms with van der Waals surface area (Å²) in [5.74, 6) is 0.601. The second-order valence-corrected chi connectivity index (χ2v) is 12.3. The number of aromatic amines is 1. The van der Waals surface area contributed by atoms with Crippen LogP contribution in [0.4, 0.5) is 22.9 Å². The minimum Gasteiger partial charge on any atom is -0.392 e. The molecule has 234 valence electrons. The van der Waals surface area contributed by atoms with Gasteiger partial charge in [0.05, 0.1) is 24.1 Å². The highest BCUT2D eigenvalue weighted by molar-refractivity contribution is 6.08. The number of carbonyl (C=O) groups is 1. The number of aliphatic hydroxyl groups excluding tert-OH is 1. The zero-order chi connectivity index (χ0) is 30.9. The Balaban J connectivity index is 1.08. The largest absolute Gasteiger partial charge is 0.392 e. The van der Waals surface area contributed by atoms with Crippen LogP contribution >= 0.6 is 0 Å². The second kappa shape index (κ2) is 12.5. The highest BCUT2D eigenvalue weighted by Crippen LogP contribution is 2.33. The first-order chi connectivity index (χ1) is 22.0. The van der Waals surface area contributed by atoms with Gasteiger partial charge in [-0.15, -0.1) is 0 Å². The summed E-state index contributed by atoms with van der Waals surface area (Å²) in [5, 5.41) is 13.7. The molecular formula is C35H41N7O3. The number of nitrogens with one attached hydrogen (secondary N) is 2. The highest BCUT2D eigenvalue weighted by atomic mass is 16.3. The molecule has 0 aliphatic carbocycles. The van der Waals surface area contributed by atoms with Crippen LogP contribution in [0.15, 0.2) is 59.7 Å². The number of aryl methyl sites for hydroxylation is 1. The lowest BCUT2D eigenvalue weighted by molar-refractivity contribution is 0.0979. The lowest BCUT2D eigenvalue weighted by Crippen LogP contribution is -2.46. The van der Waals surface area contributed by atoms with Crippen molar-refractivity contribution in [3.63, 3.8) is 0 Å². The fourth-order valence-electron chi connectivity index (χ4n) is 7.13. The fourth-order valence-corrected chi connectivity index (χ4v) is 7.13. The number of carbonyl (C=O) groups excluding carboxylic acids is 1. The zero-order valence-electron chi connectivity index (χ0n) is 25.9. The van der Waals surface area contributed by atoms with Gasteiger partial charge in [0, 0.05) is 74.5 Å². The van der Waals surface area contributed by atoms with E-state index in [0.717, 1.165) is 97.9 Å². The molecule has 3 aromatic heterocycles. The van der Waals surface area contributed by atoms with Crippen molar-refractivity contribution in [2.24, 2.45) is 0 Å². The Morgan fingerprint density at radius 1 is 0.978 bits per heavy atom. The Morgan fingerprint density at radius 2 is 1.84 bits per heavy atom. The SMILES string of the molecule is CCN1CCN(c2ccc(Nc3cc(Cc4cccc(N5CCc6c(cc7n6CCCC7)C5=O)c4CO)c[nH]c3=O)nc2)CC1. The smallest absolute Gasteiger partial charge is 0.271 e. The number of benzene rings is 1. The molecule has 1 aromatic carbocycles. The minimum atomic E-state index is -0.235. The van der Waals surface area contributed by atoms with Crippen LogP contribution in [-0.2, 0) is 32.4 Å². The summed E-state index contributed by atoms with van der Waals surface area (Å²) >= 11 is 0. The van der Waals surface area contributed by atoms with Crippen molar-refractivity contribution in [3.8, 4) is 0 Å². The average Bonchev–Trinajstić information content (AvgIpc) is 3.46. The van der Waals surface area contributed by atoms with Gasteiger partial charge in [-0.05, 0) is 73.7 Å². The van der Waals surface area contributed by atoms with Gasteiger partial charge in [-0.25, -0.2) is 4.98 Å². The summed E-state index contributed by atoms with van der Waals surface area (Å²) in [6.45, 7) is 8.69.